The van der Waals surface area contributed by atoms with Crippen LogP contribution in [0.1, 0.15) is 16.9 Å². The average molecular weight is 334 g/mol. The number of hydrogen-bond acceptors (Lipinski definition) is 5. The molecule has 1 N–H and O–H groups in total. The first-order valence-corrected chi connectivity index (χ1v) is 9.18. The minimum Gasteiger partial charge on any atom is -0.302 e. The van der Waals surface area contributed by atoms with Gasteiger partial charge in [-0.25, -0.2) is 4.98 Å². The van der Waals surface area contributed by atoms with Crippen LogP contribution in [-0.4, -0.2) is 10.9 Å². The summed E-state index contributed by atoms with van der Waals surface area (Å²) in [4.78, 5) is 18.8. The molecule has 6 heteroatoms. The molecule has 3 rings (SSSR count). The van der Waals surface area contributed by atoms with Crippen molar-refractivity contribution in [3.8, 4) is 10.6 Å². The van der Waals surface area contributed by atoms with Gasteiger partial charge in [-0.1, -0.05) is 0 Å². The van der Waals surface area contributed by atoms with Gasteiger partial charge in [0.25, 0.3) is 0 Å². The van der Waals surface area contributed by atoms with E-state index in [1.54, 1.807) is 22.7 Å². The summed E-state index contributed by atoms with van der Waals surface area (Å²) in [5.74, 6) is 0.0180. The van der Waals surface area contributed by atoms with E-state index in [1.807, 2.05) is 10.8 Å². The number of rotatable bonds is 5. The molecule has 0 aromatic carbocycles. The predicted molar refractivity (Wildman–Crippen MR) is 91.4 cm³/mol. The third-order valence-corrected chi connectivity index (χ3v) is 5.48. The van der Waals surface area contributed by atoms with E-state index in [0.717, 1.165) is 17.0 Å². The van der Waals surface area contributed by atoms with Gasteiger partial charge in [0.15, 0.2) is 5.13 Å². The van der Waals surface area contributed by atoms with Crippen LogP contribution in [0.3, 0.4) is 0 Å². The number of carbonyl (C=O) groups is 1. The zero-order chi connectivity index (χ0) is 14.7. The molecule has 0 bridgehead atoms. The monoisotopic (exact) mass is 334 g/mol. The molecular weight excluding hydrogens is 320 g/mol. The lowest BCUT2D eigenvalue weighted by molar-refractivity contribution is -0.116. The normalized spacial score (nSPS) is 10.7. The largest absolute Gasteiger partial charge is 0.302 e. The molecule has 0 aliphatic carbocycles. The quantitative estimate of drug-likeness (QED) is 0.727. The molecule has 3 aromatic heterocycles. The second-order valence-corrected chi connectivity index (χ2v) is 7.55. The molecule has 0 aliphatic heterocycles. The van der Waals surface area contributed by atoms with Crippen LogP contribution in [0.15, 0.2) is 34.3 Å². The molecule has 0 unspecified atom stereocenters. The summed E-state index contributed by atoms with van der Waals surface area (Å²) in [6.07, 6.45) is 1.27. The smallest absolute Gasteiger partial charge is 0.226 e. The van der Waals surface area contributed by atoms with Crippen LogP contribution in [0.25, 0.3) is 10.6 Å². The first kappa shape index (κ1) is 14.4. The Balaban J connectivity index is 1.58. The maximum Gasteiger partial charge on any atom is 0.226 e. The standard InChI is InChI=1S/C15H14N2OS3/c1-10-2-4-13(21-10)12-9-20-15(16-12)17-14(18)5-3-11-6-7-19-8-11/h2,4,6-9H,3,5H2,1H3,(H,16,17,18). The number of anilines is 1. The van der Waals surface area contributed by atoms with E-state index in [2.05, 4.69) is 40.8 Å². The van der Waals surface area contributed by atoms with Crippen molar-refractivity contribution >= 4 is 45.0 Å². The van der Waals surface area contributed by atoms with Crippen LogP contribution in [0.2, 0.25) is 0 Å². The summed E-state index contributed by atoms with van der Waals surface area (Å²) >= 11 is 4.84. The van der Waals surface area contributed by atoms with Crippen molar-refractivity contribution in [1.29, 1.82) is 0 Å². The Bertz CT molecular complexity index is 728. The average Bonchev–Trinajstić information content (AvgIpc) is 3.17. The van der Waals surface area contributed by atoms with Gasteiger partial charge in [-0.3, -0.25) is 4.79 Å². The summed E-state index contributed by atoms with van der Waals surface area (Å²) in [6.45, 7) is 2.08. The Morgan fingerprint density at radius 3 is 2.90 bits per heavy atom. The summed E-state index contributed by atoms with van der Waals surface area (Å²) in [5.41, 5.74) is 2.15. The van der Waals surface area contributed by atoms with Crippen molar-refractivity contribution in [2.75, 3.05) is 5.32 Å². The Kier molecular flexibility index (Phi) is 4.48. The molecule has 3 aromatic rings. The fourth-order valence-electron chi connectivity index (χ4n) is 1.89. The minimum atomic E-state index is 0.0180. The minimum absolute atomic E-state index is 0.0180. The summed E-state index contributed by atoms with van der Waals surface area (Å²) in [7, 11) is 0. The van der Waals surface area contributed by atoms with Crippen molar-refractivity contribution in [3.63, 3.8) is 0 Å². The fourth-order valence-corrected chi connectivity index (χ4v) is 4.22. The number of nitrogens with zero attached hydrogens (tertiary/aromatic N) is 1. The first-order valence-electron chi connectivity index (χ1n) is 6.54. The number of nitrogens with one attached hydrogen (secondary N) is 1. The third-order valence-electron chi connectivity index (χ3n) is 2.96. The molecule has 1 amide bonds. The number of aryl methyl sites for hydroxylation is 2. The van der Waals surface area contributed by atoms with Gasteiger partial charge in [-0.15, -0.1) is 22.7 Å². The fraction of sp³-hybridized carbons (Fsp3) is 0.200. The SMILES string of the molecule is Cc1ccc(-c2csc(NC(=O)CCc3ccsc3)n2)s1. The van der Waals surface area contributed by atoms with Crippen molar-refractivity contribution in [3.05, 3.63) is 44.8 Å². The molecule has 21 heavy (non-hydrogen) atoms. The maximum absolute atomic E-state index is 11.9. The van der Waals surface area contributed by atoms with Gasteiger partial charge in [0.1, 0.15) is 0 Å². The zero-order valence-electron chi connectivity index (χ0n) is 11.5. The number of thiazole rings is 1. The van der Waals surface area contributed by atoms with E-state index in [4.69, 9.17) is 0 Å². The molecule has 0 fully saturated rings. The number of hydrogen-bond donors (Lipinski definition) is 1. The number of aromatic nitrogens is 1. The van der Waals surface area contributed by atoms with E-state index >= 15 is 0 Å². The van der Waals surface area contributed by atoms with Gasteiger partial charge in [0.2, 0.25) is 5.91 Å². The Morgan fingerprint density at radius 1 is 1.29 bits per heavy atom. The highest BCUT2D eigenvalue weighted by Gasteiger charge is 2.09. The Hall–Kier alpha value is -1.50. The van der Waals surface area contributed by atoms with Gasteiger partial charge in [-0.05, 0) is 47.9 Å². The van der Waals surface area contributed by atoms with Gasteiger partial charge in [0, 0.05) is 16.7 Å². The van der Waals surface area contributed by atoms with Gasteiger partial charge in [0.05, 0.1) is 10.6 Å². The van der Waals surface area contributed by atoms with E-state index in [-0.39, 0.29) is 5.91 Å². The van der Waals surface area contributed by atoms with E-state index < -0.39 is 0 Å². The Labute approximate surface area is 135 Å². The van der Waals surface area contributed by atoms with E-state index in [9.17, 15) is 4.79 Å². The van der Waals surface area contributed by atoms with Gasteiger partial charge in [-0.2, -0.15) is 11.3 Å². The molecule has 3 heterocycles. The van der Waals surface area contributed by atoms with Gasteiger partial charge >= 0.3 is 0 Å². The molecule has 0 atom stereocenters. The Morgan fingerprint density at radius 2 is 2.19 bits per heavy atom. The topological polar surface area (TPSA) is 42.0 Å². The van der Waals surface area contributed by atoms with Crippen LogP contribution < -0.4 is 5.32 Å². The first-order chi connectivity index (χ1) is 10.2. The van der Waals surface area contributed by atoms with E-state index in [1.165, 1.54) is 21.8 Å². The molecule has 108 valence electrons. The van der Waals surface area contributed by atoms with Crippen molar-refractivity contribution in [1.82, 2.24) is 4.98 Å². The molecular formula is C15H14N2OS3. The highest BCUT2D eigenvalue weighted by Crippen LogP contribution is 2.30. The van der Waals surface area contributed by atoms with Crippen LogP contribution in [0.4, 0.5) is 5.13 Å². The van der Waals surface area contributed by atoms with Crippen molar-refractivity contribution in [2.45, 2.75) is 19.8 Å². The molecule has 0 spiro atoms. The highest BCUT2D eigenvalue weighted by atomic mass is 32.1. The van der Waals surface area contributed by atoms with Crippen LogP contribution in [0, 0.1) is 6.92 Å². The van der Waals surface area contributed by atoms with Crippen LogP contribution >= 0.6 is 34.0 Å². The lowest BCUT2D eigenvalue weighted by Crippen LogP contribution is -2.11. The van der Waals surface area contributed by atoms with Crippen LogP contribution in [-0.2, 0) is 11.2 Å². The second kappa shape index (κ2) is 6.51. The number of carbonyl (C=O) groups excluding carboxylic acids is 1. The molecule has 3 nitrogen and oxygen atoms in total. The highest BCUT2D eigenvalue weighted by molar-refractivity contribution is 7.17. The summed E-state index contributed by atoms with van der Waals surface area (Å²) < 4.78 is 0. The van der Waals surface area contributed by atoms with Crippen molar-refractivity contribution < 1.29 is 4.79 Å². The molecule has 0 saturated heterocycles. The summed E-state index contributed by atoms with van der Waals surface area (Å²) in [6, 6.07) is 6.20. The number of amides is 1. The second-order valence-electron chi connectivity index (χ2n) is 4.63. The lowest BCUT2D eigenvalue weighted by Gasteiger charge is -2.00. The predicted octanol–water partition coefficient (Wildman–Crippen LogP) is 4.81. The maximum atomic E-state index is 11.9. The summed E-state index contributed by atoms with van der Waals surface area (Å²) in [5, 5.41) is 9.64. The molecule has 0 aliphatic rings. The van der Waals surface area contributed by atoms with Crippen LogP contribution in [0.5, 0.6) is 0 Å². The zero-order valence-corrected chi connectivity index (χ0v) is 13.9. The van der Waals surface area contributed by atoms with Gasteiger partial charge < -0.3 is 5.32 Å². The van der Waals surface area contributed by atoms with E-state index in [0.29, 0.717) is 11.6 Å². The van der Waals surface area contributed by atoms with Crippen molar-refractivity contribution in [2.24, 2.45) is 0 Å². The lowest BCUT2D eigenvalue weighted by atomic mass is 10.2. The third kappa shape index (κ3) is 3.78. The molecule has 0 saturated carbocycles. The molecule has 0 radical (unpaired) electrons. The number of thiophene rings is 2.